The summed E-state index contributed by atoms with van der Waals surface area (Å²) in [6.07, 6.45) is 0. The first kappa shape index (κ1) is 15.9. The second kappa shape index (κ2) is 8.12. The van der Waals surface area contributed by atoms with Crippen molar-refractivity contribution >= 4 is 11.3 Å². The summed E-state index contributed by atoms with van der Waals surface area (Å²) in [5.74, 6) is 0.891. The minimum atomic E-state index is 0.676. The van der Waals surface area contributed by atoms with Crippen LogP contribution in [0, 0.1) is 6.92 Å². The minimum absolute atomic E-state index is 0.676. The molecular formula is C16H22N2O2S. The Bertz CT molecular complexity index is 569. The summed E-state index contributed by atoms with van der Waals surface area (Å²) in [6, 6.07) is 8.10. The average molecular weight is 306 g/mol. The van der Waals surface area contributed by atoms with E-state index in [0.29, 0.717) is 6.61 Å². The Balaban J connectivity index is 2.08. The van der Waals surface area contributed by atoms with Crippen molar-refractivity contribution < 1.29 is 9.47 Å². The lowest BCUT2D eigenvalue weighted by atomic mass is 10.2. The summed E-state index contributed by atoms with van der Waals surface area (Å²) < 4.78 is 10.6. The smallest absolute Gasteiger partial charge is 0.124 e. The van der Waals surface area contributed by atoms with Crippen LogP contribution < -0.4 is 10.1 Å². The van der Waals surface area contributed by atoms with Crippen LogP contribution in [0.4, 0.5) is 0 Å². The van der Waals surface area contributed by atoms with Crippen LogP contribution in [0.5, 0.6) is 5.75 Å². The van der Waals surface area contributed by atoms with Crippen molar-refractivity contribution in [2.24, 2.45) is 0 Å². The van der Waals surface area contributed by atoms with E-state index in [2.05, 4.69) is 23.3 Å². The number of benzene rings is 1. The van der Waals surface area contributed by atoms with E-state index in [-0.39, 0.29) is 0 Å². The second-order valence-corrected chi connectivity index (χ2v) is 5.74. The summed E-state index contributed by atoms with van der Waals surface area (Å²) >= 11 is 1.73. The van der Waals surface area contributed by atoms with Gasteiger partial charge < -0.3 is 14.8 Å². The molecule has 4 nitrogen and oxygen atoms in total. The van der Waals surface area contributed by atoms with Crippen molar-refractivity contribution in [2.45, 2.75) is 20.4 Å². The Morgan fingerprint density at radius 1 is 1.33 bits per heavy atom. The van der Waals surface area contributed by atoms with E-state index in [1.807, 2.05) is 25.1 Å². The molecule has 0 bridgehead atoms. The first-order valence-electron chi connectivity index (χ1n) is 7.13. The van der Waals surface area contributed by atoms with Gasteiger partial charge in [-0.2, -0.15) is 0 Å². The lowest BCUT2D eigenvalue weighted by Crippen LogP contribution is -2.18. The predicted octanol–water partition coefficient (Wildman–Crippen LogP) is 3.25. The molecule has 0 fully saturated rings. The highest BCUT2D eigenvalue weighted by Crippen LogP contribution is 2.30. The van der Waals surface area contributed by atoms with E-state index in [0.717, 1.165) is 41.7 Å². The molecule has 5 heteroatoms. The summed E-state index contributed by atoms with van der Waals surface area (Å²) in [4.78, 5) is 5.94. The summed E-state index contributed by atoms with van der Waals surface area (Å²) in [7, 11) is 1.71. The number of rotatable bonds is 8. The van der Waals surface area contributed by atoms with Crippen molar-refractivity contribution in [3.05, 3.63) is 34.8 Å². The number of thiazole rings is 1. The van der Waals surface area contributed by atoms with Gasteiger partial charge in [-0.25, -0.2) is 4.98 Å². The molecule has 0 amide bonds. The fraction of sp³-hybridized carbons (Fsp3) is 0.438. The Kier molecular flexibility index (Phi) is 6.17. The van der Waals surface area contributed by atoms with Crippen LogP contribution in [-0.2, 0) is 11.3 Å². The van der Waals surface area contributed by atoms with Gasteiger partial charge in [0.25, 0.3) is 0 Å². The normalized spacial score (nSPS) is 10.8. The molecule has 0 radical (unpaired) electrons. The highest BCUT2D eigenvalue weighted by atomic mass is 32.1. The molecule has 0 atom stereocenters. The van der Waals surface area contributed by atoms with E-state index in [1.54, 1.807) is 18.4 Å². The standard InChI is InChI=1S/C16H22N2O2S/c1-4-20-14-7-5-6-13(10-14)16-18-12(2)15(21-16)11-17-8-9-19-3/h5-7,10,17H,4,8-9,11H2,1-3H3. The van der Waals surface area contributed by atoms with Crippen LogP contribution in [0.3, 0.4) is 0 Å². The number of nitrogens with zero attached hydrogens (tertiary/aromatic N) is 1. The number of nitrogens with one attached hydrogen (secondary N) is 1. The number of methoxy groups -OCH3 is 1. The highest BCUT2D eigenvalue weighted by molar-refractivity contribution is 7.15. The van der Waals surface area contributed by atoms with Crippen molar-refractivity contribution in [1.29, 1.82) is 0 Å². The molecule has 2 aromatic rings. The van der Waals surface area contributed by atoms with Crippen LogP contribution in [0.15, 0.2) is 24.3 Å². The molecule has 0 aliphatic rings. The number of aromatic nitrogens is 1. The number of hydrogen-bond donors (Lipinski definition) is 1. The molecule has 2 rings (SSSR count). The topological polar surface area (TPSA) is 43.4 Å². The van der Waals surface area contributed by atoms with Crippen LogP contribution in [-0.4, -0.2) is 31.9 Å². The zero-order valence-corrected chi connectivity index (χ0v) is 13.6. The van der Waals surface area contributed by atoms with Crippen LogP contribution in [0.25, 0.3) is 10.6 Å². The first-order valence-corrected chi connectivity index (χ1v) is 7.95. The molecule has 0 spiro atoms. The maximum absolute atomic E-state index is 5.55. The number of aryl methyl sites for hydroxylation is 1. The maximum Gasteiger partial charge on any atom is 0.124 e. The van der Waals surface area contributed by atoms with Crippen molar-refractivity contribution in [2.75, 3.05) is 26.9 Å². The van der Waals surface area contributed by atoms with Gasteiger partial charge in [0.1, 0.15) is 10.8 Å². The summed E-state index contributed by atoms with van der Waals surface area (Å²) in [6.45, 7) is 7.13. The molecule has 0 unspecified atom stereocenters. The SMILES string of the molecule is CCOc1cccc(-c2nc(C)c(CNCCOC)s2)c1. The van der Waals surface area contributed by atoms with Crippen molar-refractivity contribution in [3.63, 3.8) is 0 Å². The third-order valence-corrected chi connectivity index (χ3v) is 4.26. The van der Waals surface area contributed by atoms with Gasteiger partial charge in [-0.15, -0.1) is 11.3 Å². The van der Waals surface area contributed by atoms with E-state index in [1.165, 1.54) is 4.88 Å². The van der Waals surface area contributed by atoms with Gasteiger partial charge in [0.2, 0.25) is 0 Å². The van der Waals surface area contributed by atoms with Gasteiger partial charge in [-0.3, -0.25) is 0 Å². The quantitative estimate of drug-likeness (QED) is 0.760. The van der Waals surface area contributed by atoms with Crippen LogP contribution in [0.2, 0.25) is 0 Å². The molecule has 0 aliphatic carbocycles. The monoisotopic (exact) mass is 306 g/mol. The second-order valence-electron chi connectivity index (χ2n) is 4.66. The van der Waals surface area contributed by atoms with Crippen LogP contribution in [0.1, 0.15) is 17.5 Å². The zero-order chi connectivity index (χ0) is 15.1. The third kappa shape index (κ3) is 4.52. The van der Waals surface area contributed by atoms with Crippen LogP contribution >= 0.6 is 11.3 Å². The Morgan fingerprint density at radius 2 is 2.19 bits per heavy atom. The lowest BCUT2D eigenvalue weighted by molar-refractivity contribution is 0.199. The van der Waals surface area contributed by atoms with Crippen molar-refractivity contribution in [3.8, 4) is 16.3 Å². The molecule has 1 aromatic heterocycles. The van der Waals surface area contributed by atoms with Gasteiger partial charge in [0.05, 0.1) is 18.9 Å². The zero-order valence-electron chi connectivity index (χ0n) is 12.8. The largest absolute Gasteiger partial charge is 0.494 e. The van der Waals surface area contributed by atoms with E-state index >= 15 is 0 Å². The first-order chi connectivity index (χ1) is 10.2. The van der Waals surface area contributed by atoms with E-state index in [4.69, 9.17) is 9.47 Å². The molecular weight excluding hydrogens is 284 g/mol. The summed E-state index contributed by atoms with van der Waals surface area (Å²) in [5.41, 5.74) is 2.19. The number of ether oxygens (including phenoxy) is 2. The van der Waals surface area contributed by atoms with E-state index < -0.39 is 0 Å². The Labute approximate surface area is 130 Å². The molecule has 21 heavy (non-hydrogen) atoms. The fourth-order valence-corrected chi connectivity index (χ4v) is 3.01. The third-order valence-electron chi connectivity index (χ3n) is 3.05. The molecule has 0 saturated heterocycles. The lowest BCUT2D eigenvalue weighted by Gasteiger charge is -2.04. The van der Waals surface area contributed by atoms with E-state index in [9.17, 15) is 0 Å². The number of hydrogen-bond acceptors (Lipinski definition) is 5. The minimum Gasteiger partial charge on any atom is -0.494 e. The van der Waals surface area contributed by atoms with Gasteiger partial charge in [-0.05, 0) is 26.0 Å². The average Bonchev–Trinajstić information content (AvgIpc) is 2.86. The Hall–Kier alpha value is -1.43. The molecule has 0 aliphatic heterocycles. The molecule has 1 heterocycles. The van der Waals surface area contributed by atoms with Gasteiger partial charge in [0.15, 0.2) is 0 Å². The van der Waals surface area contributed by atoms with Gasteiger partial charge in [0, 0.05) is 30.6 Å². The maximum atomic E-state index is 5.55. The highest BCUT2D eigenvalue weighted by Gasteiger charge is 2.09. The van der Waals surface area contributed by atoms with Crippen molar-refractivity contribution in [1.82, 2.24) is 10.3 Å². The van der Waals surface area contributed by atoms with Gasteiger partial charge >= 0.3 is 0 Å². The summed E-state index contributed by atoms with van der Waals surface area (Å²) in [5, 5.41) is 4.40. The molecule has 114 valence electrons. The molecule has 1 aromatic carbocycles. The van der Waals surface area contributed by atoms with Gasteiger partial charge in [-0.1, -0.05) is 12.1 Å². The predicted molar refractivity (Wildman–Crippen MR) is 87.0 cm³/mol. The molecule has 0 saturated carbocycles. The Morgan fingerprint density at radius 3 is 2.95 bits per heavy atom. The molecule has 1 N–H and O–H groups in total. The fourth-order valence-electron chi connectivity index (χ4n) is 1.98.